The van der Waals surface area contributed by atoms with Gasteiger partial charge >= 0.3 is 0 Å². The van der Waals surface area contributed by atoms with Crippen LogP contribution in [0.5, 0.6) is 5.75 Å². The van der Waals surface area contributed by atoms with Gasteiger partial charge in [0.2, 0.25) is 6.29 Å². The van der Waals surface area contributed by atoms with Gasteiger partial charge < -0.3 is 40.3 Å². The monoisotopic (exact) mass is 302 g/mol. The maximum atomic E-state index is 11.0. The predicted octanol–water partition coefficient (Wildman–Crippen LogP) is -1.44. The Bertz CT molecular complexity index is 468. The molecule has 1 aliphatic rings. The lowest BCUT2D eigenvalue weighted by atomic mass is 9.99. The summed E-state index contributed by atoms with van der Waals surface area (Å²) < 4.78 is 10.4. The van der Waals surface area contributed by atoms with Crippen molar-refractivity contribution in [3.63, 3.8) is 0 Å². The van der Waals surface area contributed by atoms with Crippen LogP contribution >= 0.6 is 0 Å². The number of rotatable bonds is 4. The fraction of sp³-hybridized carbons (Fsp3) is 0.500. The van der Waals surface area contributed by atoms with Gasteiger partial charge in [0.1, 0.15) is 30.2 Å². The Kier molecular flexibility index (Phi) is 4.96. The Labute approximate surface area is 119 Å². The molecule has 5 N–H and O–H groups in total. The Morgan fingerprint density at radius 1 is 1.14 bits per heavy atom. The summed E-state index contributed by atoms with van der Waals surface area (Å²) in [5.74, 6) is -0.0978. The summed E-state index contributed by atoms with van der Waals surface area (Å²) in [7, 11) is 0. The molecule has 0 unspecified atom stereocenters. The van der Waals surface area contributed by atoms with Gasteiger partial charge in [0.05, 0.1) is 12.3 Å². The molecule has 0 amide bonds. The van der Waals surface area contributed by atoms with Crippen LogP contribution in [-0.4, -0.2) is 62.9 Å². The van der Waals surface area contributed by atoms with E-state index >= 15 is 0 Å². The Hall–Kier alpha value is -1.46. The fourth-order valence-corrected chi connectivity index (χ4v) is 2.00. The molecule has 0 saturated carbocycles. The van der Waals surface area contributed by atoms with E-state index in [4.69, 9.17) is 19.8 Å². The van der Waals surface area contributed by atoms with Crippen molar-refractivity contribution in [2.24, 2.45) is 0 Å². The van der Waals surface area contributed by atoms with E-state index in [9.17, 15) is 20.5 Å². The largest absolute Gasteiger partial charge is 0.733 e. The van der Waals surface area contributed by atoms with E-state index in [-0.39, 0.29) is 11.4 Å². The van der Waals surface area contributed by atoms with Gasteiger partial charge in [-0.15, -0.1) is 0 Å². The number of benzene rings is 1. The second kappa shape index (κ2) is 6.54. The number of nitrogens with zero attached hydrogens (tertiary/aromatic N) is 1. The quantitative estimate of drug-likeness (QED) is 0.422. The highest BCUT2D eigenvalue weighted by atomic mass is 16.8. The molecular weight excluding hydrogens is 286 g/mol. The summed E-state index contributed by atoms with van der Waals surface area (Å²) in [5.41, 5.74) is -0.227. The van der Waals surface area contributed by atoms with Crippen LogP contribution in [-0.2, 0) is 4.74 Å². The molecule has 1 aromatic rings. The third-order valence-electron chi connectivity index (χ3n) is 3.16. The van der Waals surface area contributed by atoms with E-state index < -0.39 is 42.5 Å². The molecule has 2 rings (SSSR count). The van der Waals surface area contributed by atoms with Crippen LogP contribution in [0.1, 0.15) is 0 Å². The number of hydrogen-bond donors (Lipinski definition) is 5. The van der Waals surface area contributed by atoms with Gasteiger partial charge in [-0.25, -0.2) is 0 Å². The standard InChI is InChI=1S/C12H16NO8/c14-5-8-9(15)10(16)11(17)12(21-8)20-7-4-2-1-3-6(7)13(18)19/h1-4,8-12,14-18H,5H2/q-1/t8-,9-,10+,11-,12+/m1/s1. The zero-order chi connectivity index (χ0) is 15.6. The van der Waals surface area contributed by atoms with Crippen molar-refractivity contribution in [1.82, 2.24) is 0 Å². The van der Waals surface area contributed by atoms with Crippen LogP contribution in [0.4, 0.5) is 5.69 Å². The minimum atomic E-state index is -1.60. The summed E-state index contributed by atoms with van der Waals surface area (Å²) in [6.45, 7) is -0.597. The molecule has 5 atom stereocenters. The summed E-state index contributed by atoms with van der Waals surface area (Å²) in [5, 5.41) is 57.7. The first-order valence-corrected chi connectivity index (χ1v) is 6.18. The van der Waals surface area contributed by atoms with Gasteiger partial charge in [0.15, 0.2) is 0 Å². The van der Waals surface area contributed by atoms with E-state index in [0.717, 1.165) is 0 Å². The van der Waals surface area contributed by atoms with Crippen LogP contribution in [0.2, 0.25) is 0 Å². The number of anilines is 1. The highest BCUT2D eigenvalue weighted by Crippen LogP contribution is 2.30. The van der Waals surface area contributed by atoms with Crippen LogP contribution in [0, 0.1) is 5.21 Å². The number of ether oxygens (including phenoxy) is 2. The zero-order valence-corrected chi connectivity index (χ0v) is 10.8. The highest BCUT2D eigenvalue weighted by Gasteiger charge is 2.44. The van der Waals surface area contributed by atoms with E-state index in [1.165, 1.54) is 24.3 Å². The number of aliphatic hydroxyl groups is 4. The van der Waals surface area contributed by atoms with E-state index in [0.29, 0.717) is 0 Å². The minimum absolute atomic E-state index is 0.0978. The van der Waals surface area contributed by atoms with Crippen molar-refractivity contribution in [1.29, 1.82) is 0 Å². The Morgan fingerprint density at radius 2 is 1.81 bits per heavy atom. The average molecular weight is 302 g/mol. The van der Waals surface area contributed by atoms with E-state index in [1.54, 1.807) is 0 Å². The van der Waals surface area contributed by atoms with E-state index in [2.05, 4.69) is 0 Å². The van der Waals surface area contributed by atoms with Crippen molar-refractivity contribution in [3.05, 3.63) is 29.5 Å². The summed E-state index contributed by atoms with van der Waals surface area (Å²) in [6, 6.07) is 5.62. The molecule has 118 valence electrons. The molecule has 21 heavy (non-hydrogen) atoms. The molecule has 0 bridgehead atoms. The summed E-state index contributed by atoms with van der Waals surface area (Å²) >= 11 is 0. The molecule has 0 aliphatic carbocycles. The van der Waals surface area contributed by atoms with Gasteiger partial charge in [-0.1, -0.05) is 12.1 Å². The molecule has 1 heterocycles. The number of hydrogen-bond acceptors (Lipinski definition) is 9. The van der Waals surface area contributed by atoms with Gasteiger partial charge in [-0.2, -0.15) is 0 Å². The van der Waals surface area contributed by atoms with Crippen molar-refractivity contribution in [2.75, 3.05) is 11.8 Å². The SMILES string of the molecule is [O-]N(O)c1ccccc1O[C@H]1O[C@H](CO)[C@@H](O)[C@H](O)[C@H]1O. The third kappa shape index (κ3) is 3.24. The van der Waals surface area contributed by atoms with E-state index in [1.807, 2.05) is 0 Å². The van der Waals surface area contributed by atoms with Crippen LogP contribution < -0.4 is 9.96 Å². The molecular formula is C12H16NO8-. The maximum absolute atomic E-state index is 11.0. The summed E-state index contributed by atoms with van der Waals surface area (Å²) in [6.07, 6.45) is -7.26. The molecule has 0 aromatic heterocycles. The van der Waals surface area contributed by atoms with Crippen LogP contribution in [0.15, 0.2) is 24.3 Å². The zero-order valence-electron chi connectivity index (χ0n) is 10.8. The van der Waals surface area contributed by atoms with Crippen molar-refractivity contribution >= 4 is 5.69 Å². The van der Waals surface area contributed by atoms with Gasteiger partial charge in [-0.3, -0.25) is 5.21 Å². The van der Waals surface area contributed by atoms with Crippen LogP contribution in [0.25, 0.3) is 0 Å². The smallest absolute Gasteiger partial charge is 0.229 e. The molecule has 1 aromatic carbocycles. The van der Waals surface area contributed by atoms with Gasteiger partial charge in [0.25, 0.3) is 0 Å². The molecule has 9 heteroatoms. The second-order valence-corrected chi connectivity index (χ2v) is 4.56. The first-order valence-electron chi connectivity index (χ1n) is 6.18. The van der Waals surface area contributed by atoms with Crippen LogP contribution in [0.3, 0.4) is 0 Å². The normalized spacial score (nSPS) is 32.8. The number of para-hydroxylation sites is 2. The predicted molar refractivity (Wildman–Crippen MR) is 68.5 cm³/mol. The van der Waals surface area contributed by atoms with Crippen molar-refractivity contribution in [3.8, 4) is 5.75 Å². The molecule has 0 radical (unpaired) electrons. The van der Waals surface area contributed by atoms with Gasteiger partial charge in [0, 0.05) is 0 Å². The molecule has 1 saturated heterocycles. The van der Waals surface area contributed by atoms with Crippen molar-refractivity contribution < 1.29 is 35.1 Å². The van der Waals surface area contributed by atoms with Crippen molar-refractivity contribution in [2.45, 2.75) is 30.7 Å². The Morgan fingerprint density at radius 3 is 2.43 bits per heavy atom. The maximum Gasteiger partial charge on any atom is 0.229 e. The molecule has 9 nitrogen and oxygen atoms in total. The minimum Gasteiger partial charge on any atom is -0.733 e. The fourth-order valence-electron chi connectivity index (χ4n) is 2.00. The average Bonchev–Trinajstić information content (AvgIpc) is 2.48. The Balaban J connectivity index is 2.19. The lowest BCUT2D eigenvalue weighted by Crippen LogP contribution is -2.60. The summed E-state index contributed by atoms with van der Waals surface area (Å²) in [4.78, 5) is 0. The lowest BCUT2D eigenvalue weighted by molar-refractivity contribution is -0.277. The topological polar surface area (TPSA) is 146 Å². The first-order chi connectivity index (χ1) is 9.95. The highest BCUT2D eigenvalue weighted by molar-refractivity contribution is 5.56. The van der Waals surface area contributed by atoms with Gasteiger partial charge in [-0.05, 0) is 12.1 Å². The molecule has 1 aliphatic heterocycles. The lowest BCUT2D eigenvalue weighted by Gasteiger charge is -2.40. The number of aliphatic hydroxyl groups excluding tert-OH is 4. The molecule has 0 spiro atoms. The second-order valence-electron chi connectivity index (χ2n) is 4.56. The molecule has 1 fully saturated rings. The third-order valence-corrected chi connectivity index (χ3v) is 3.16. The first kappa shape index (κ1) is 15.9.